The molecule has 0 aromatic heterocycles. The van der Waals surface area contributed by atoms with Crippen LogP contribution >= 0.6 is 0 Å². The molecule has 0 spiro atoms. The molecule has 0 amide bonds. The fourth-order valence-corrected chi connectivity index (χ4v) is 4.52. The molecule has 0 aromatic carbocycles. The van der Waals surface area contributed by atoms with E-state index >= 15 is 0 Å². The molecule has 0 unspecified atom stereocenters. The highest BCUT2D eigenvalue weighted by Crippen LogP contribution is 2.28. The number of carbonyl (C=O) groups is 2. The quantitative estimate of drug-likeness (QED) is 0.175. The summed E-state index contributed by atoms with van der Waals surface area (Å²) in [7, 11) is 2.78. The fourth-order valence-electron chi connectivity index (χ4n) is 4.52. The molecule has 0 saturated heterocycles. The number of ketones is 2. The molecule has 0 saturated carbocycles. The van der Waals surface area contributed by atoms with E-state index in [1.54, 1.807) is 6.92 Å². The predicted molar refractivity (Wildman–Crippen MR) is 137 cm³/mol. The summed E-state index contributed by atoms with van der Waals surface area (Å²) in [6.45, 7) is 13.2. The van der Waals surface area contributed by atoms with Gasteiger partial charge in [0.25, 0.3) is 0 Å². The molecule has 0 heterocycles. The molecule has 0 radical (unpaired) electrons. The molecule has 4 nitrogen and oxygen atoms in total. The van der Waals surface area contributed by atoms with Crippen LogP contribution in [0, 0.1) is 17.8 Å². The average Bonchev–Trinajstić information content (AvgIpc) is 2.75. The molecule has 0 N–H and O–H groups in total. The second-order valence-electron chi connectivity index (χ2n) is 10.4. The van der Waals surface area contributed by atoms with Crippen molar-refractivity contribution in [3.63, 3.8) is 0 Å². The molecule has 1 rings (SSSR count). The third-order valence-corrected chi connectivity index (χ3v) is 6.89. The Morgan fingerprint density at radius 3 is 1.79 bits per heavy atom. The van der Waals surface area contributed by atoms with Crippen molar-refractivity contribution in [3.05, 3.63) is 34.3 Å². The standard InChI is InChI=1S/C29H48O4/c1-20(2)12-9-13-21(3)14-10-15-22(4)16-11-17-23(5)18-19-25-24(6)26(30)28(32-7)29(33-8)27(25)31/h18,20-22H,9-17,19H2,1-8H3/b23-18+/t21-,22-/m1/s1. The molecule has 1 aliphatic rings. The van der Waals surface area contributed by atoms with Gasteiger partial charge < -0.3 is 9.47 Å². The molecule has 2 atom stereocenters. The lowest BCUT2D eigenvalue weighted by molar-refractivity contribution is -0.121. The lowest BCUT2D eigenvalue weighted by atomic mass is 9.90. The van der Waals surface area contributed by atoms with Gasteiger partial charge in [-0.2, -0.15) is 0 Å². The Balaban J connectivity index is 2.39. The van der Waals surface area contributed by atoms with Crippen LogP contribution in [0.25, 0.3) is 0 Å². The van der Waals surface area contributed by atoms with Gasteiger partial charge in [0, 0.05) is 11.1 Å². The fraction of sp³-hybridized carbons (Fsp3) is 0.724. The van der Waals surface area contributed by atoms with Crippen LogP contribution in [0.1, 0.15) is 106 Å². The Bertz CT molecular complexity index is 739. The number of ether oxygens (including phenoxy) is 2. The van der Waals surface area contributed by atoms with E-state index in [4.69, 9.17) is 9.47 Å². The Kier molecular flexibility index (Phi) is 13.4. The Labute approximate surface area is 202 Å². The highest BCUT2D eigenvalue weighted by Gasteiger charge is 2.34. The Hall–Kier alpha value is -1.84. The maximum absolute atomic E-state index is 12.7. The van der Waals surface area contributed by atoms with Crippen molar-refractivity contribution in [3.8, 4) is 0 Å². The minimum atomic E-state index is -0.266. The monoisotopic (exact) mass is 460 g/mol. The molecule has 0 aliphatic heterocycles. The van der Waals surface area contributed by atoms with Crippen LogP contribution in [-0.2, 0) is 19.1 Å². The Morgan fingerprint density at radius 2 is 1.27 bits per heavy atom. The van der Waals surface area contributed by atoms with Crippen molar-refractivity contribution in [2.45, 2.75) is 106 Å². The van der Waals surface area contributed by atoms with Crippen LogP contribution in [0.4, 0.5) is 0 Å². The summed E-state index contributed by atoms with van der Waals surface area (Å²) >= 11 is 0. The zero-order chi connectivity index (χ0) is 25.0. The van der Waals surface area contributed by atoms with Gasteiger partial charge in [-0.1, -0.05) is 84.3 Å². The van der Waals surface area contributed by atoms with E-state index in [-0.39, 0.29) is 23.1 Å². The van der Waals surface area contributed by atoms with Crippen LogP contribution in [0.2, 0.25) is 0 Å². The van der Waals surface area contributed by atoms with Crippen LogP contribution in [-0.4, -0.2) is 25.8 Å². The molecule has 4 heteroatoms. The van der Waals surface area contributed by atoms with Gasteiger partial charge in [-0.25, -0.2) is 0 Å². The van der Waals surface area contributed by atoms with E-state index in [9.17, 15) is 9.59 Å². The number of Topliss-reactive ketones (excluding diaryl/α,β-unsaturated/α-hetero) is 2. The van der Waals surface area contributed by atoms with Crippen LogP contribution < -0.4 is 0 Å². The number of hydrogen-bond acceptors (Lipinski definition) is 4. The van der Waals surface area contributed by atoms with Gasteiger partial charge >= 0.3 is 0 Å². The topological polar surface area (TPSA) is 52.6 Å². The van der Waals surface area contributed by atoms with E-state index in [1.165, 1.54) is 64.7 Å². The maximum atomic E-state index is 12.7. The highest BCUT2D eigenvalue weighted by atomic mass is 16.5. The Morgan fingerprint density at radius 1 is 0.788 bits per heavy atom. The van der Waals surface area contributed by atoms with Gasteiger partial charge in [0.2, 0.25) is 23.1 Å². The SMILES string of the molecule is COC1=C(OC)C(=O)C(C/C=C(\C)CCC[C@H](C)CCC[C@H](C)CCCC(C)C)=C(C)C1=O. The summed E-state index contributed by atoms with van der Waals surface area (Å²) in [6.07, 6.45) is 14.1. The number of hydrogen-bond donors (Lipinski definition) is 0. The molecule has 0 bridgehead atoms. The predicted octanol–water partition coefficient (Wildman–Crippen LogP) is 7.73. The second-order valence-corrected chi connectivity index (χ2v) is 10.4. The third-order valence-electron chi connectivity index (χ3n) is 6.89. The number of allylic oxidation sites excluding steroid dienone is 4. The summed E-state index contributed by atoms with van der Waals surface area (Å²) < 4.78 is 10.3. The van der Waals surface area contributed by atoms with Gasteiger partial charge in [-0.15, -0.1) is 0 Å². The molecular formula is C29H48O4. The van der Waals surface area contributed by atoms with Gasteiger partial charge in [0.05, 0.1) is 14.2 Å². The summed E-state index contributed by atoms with van der Waals surface area (Å²) in [6, 6.07) is 0. The minimum absolute atomic E-state index is 0.00314. The number of methoxy groups -OCH3 is 2. The number of carbonyl (C=O) groups excluding carboxylic acids is 2. The summed E-state index contributed by atoms with van der Waals surface area (Å²) in [5, 5.41) is 0. The van der Waals surface area contributed by atoms with E-state index in [0.717, 1.165) is 30.6 Å². The number of rotatable bonds is 16. The molecule has 33 heavy (non-hydrogen) atoms. The second kappa shape index (κ2) is 15.1. The average molecular weight is 461 g/mol. The van der Waals surface area contributed by atoms with E-state index in [0.29, 0.717) is 17.6 Å². The smallest absolute Gasteiger partial charge is 0.228 e. The van der Waals surface area contributed by atoms with Crippen molar-refractivity contribution in [2.24, 2.45) is 17.8 Å². The van der Waals surface area contributed by atoms with Crippen molar-refractivity contribution in [1.82, 2.24) is 0 Å². The zero-order valence-corrected chi connectivity index (χ0v) is 22.5. The van der Waals surface area contributed by atoms with Gasteiger partial charge in [-0.3, -0.25) is 9.59 Å². The lowest BCUT2D eigenvalue weighted by Crippen LogP contribution is -2.24. The van der Waals surface area contributed by atoms with E-state index in [1.807, 2.05) is 0 Å². The maximum Gasteiger partial charge on any atom is 0.228 e. The van der Waals surface area contributed by atoms with Gasteiger partial charge in [0.15, 0.2) is 0 Å². The van der Waals surface area contributed by atoms with Crippen molar-refractivity contribution < 1.29 is 19.1 Å². The third kappa shape index (κ3) is 9.90. The van der Waals surface area contributed by atoms with Gasteiger partial charge in [0.1, 0.15) is 0 Å². The molecule has 0 fully saturated rings. The summed E-state index contributed by atoms with van der Waals surface area (Å²) in [4.78, 5) is 25.2. The van der Waals surface area contributed by atoms with E-state index in [2.05, 4.69) is 40.7 Å². The first-order valence-electron chi connectivity index (χ1n) is 12.9. The summed E-state index contributed by atoms with van der Waals surface area (Å²) in [5.41, 5.74) is 2.23. The van der Waals surface area contributed by atoms with Crippen LogP contribution in [0.3, 0.4) is 0 Å². The normalized spacial score (nSPS) is 17.2. The van der Waals surface area contributed by atoms with Crippen LogP contribution in [0.15, 0.2) is 34.3 Å². The molecule has 188 valence electrons. The van der Waals surface area contributed by atoms with Crippen molar-refractivity contribution in [2.75, 3.05) is 14.2 Å². The molecular weight excluding hydrogens is 412 g/mol. The molecule has 0 aromatic rings. The van der Waals surface area contributed by atoms with Gasteiger partial charge in [-0.05, 0) is 50.9 Å². The first kappa shape index (κ1) is 29.2. The minimum Gasteiger partial charge on any atom is -0.489 e. The highest BCUT2D eigenvalue weighted by molar-refractivity contribution is 6.23. The van der Waals surface area contributed by atoms with Crippen molar-refractivity contribution in [1.29, 1.82) is 0 Å². The zero-order valence-electron chi connectivity index (χ0n) is 22.5. The lowest BCUT2D eigenvalue weighted by Gasteiger charge is -2.19. The first-order chi connectivity index (χ1) is 15.6. The first-order valence-corrected chi connectivity index (χ1v) is 12.9. The van der Waals surface area contributed by atoms with Crippen LogP contribution in [0.5, 0.6) is 0 Å². The van der Waals surface area contributed by atoms with Crippen molar-refractivity contribution >= 4 is 11.6 Å². The molecule has 1 aliphatic carbocycles. The summed E-state index contributed by atoms with van der Waals surface area (Å²) in [5.74, 6) is 1.93. The van der Waals surface area contributed by atoms with E-state index < -0.39 is 0 Å². The largest absolute Gasteiger partial charge is 0.489 e.